The molecule has 0 radical (unpaired) electrons. The quantitative estimate of drug-likeness (QED) is 0.640. The summed E-state index contributed by atoms with van der Waals surface area (Å²) in [6.07, 6.45) is 3.13. The van der Waals surface area contributed by atoms with Crippen LogP contribution in [0.3, 0.4) is 0 Å². The second-order valence-electron chi connectivity index (χ2n) is 3.55. The first-order valence-electron chi connectivity index (χ1n) is 4.79. The van der Waals surface area contributed by atoms with Gasteiger partial charge in [0.15, 0.2) is 0 Å². The van der Waals surface area contributed by atoms with Crippen LogP contribution >= 0.6 is 11.6 Å². The normalized spacial score (nSPS) is 11.4. The van der Waals surface area contributed by atoms with Crippen LogP contribution in [0.15, 0.2) is 6.33 Å². The summed E-state index contributed by atoms with van der Waals surface area (Å²) >= 11 is 5.81. The van der Waals surface area contributed by atoms with Gasteiger partial charge in [-0.25, -0.2) is 18.4 Å². The van der Waals surface area contributed by atoms with Crippen LogP contribution in [-0.2, 0) is 9.84 Å². The maximum Gasteiger partial charge on any atom is 0.147 e. The largest absolute Gasteiger partial charge is 0.370 e. The molecule has 0 unspecified atom stereocenters. The summed E-state index contributed by atoms with van der Waals surface area (Å²) in [5, 5.41) is 3.43. The molecule has 0 fully saturated rings. The van der Waals surface area contributed by atoms with Gasteiger partial charge in [-0.05, 0) is 13.3 Å². The van der Waals surface area contributed by atoms with Crippen molar-refractivity contribution in [3.05, 3.63) is 17.0 Å². The van der Waals surface area contributed by atoms with E-state index in [-0.39, 0.29) is 5.75 Å². The summed E-state index contributed by atoms with van der Waals surface area (Å²) in [6, 6.07) is 0. The van der Waals surface area contributed by atoms with E-state index >= 15 is 0 Å². The number of hydrogen-bond acceptors (Lipinski definition) is 5. The highest BCUT2D eigenvalue weighted by atomic mass is 35.5. The maximum atomic E-state index is 10.9. The van der Waals surface area contributed by atoms with Crippen LogP contribution in [0.1, 0.15) is 12.0 Å². The molecule has 90 valence electrons. The van der Waals surface area contributed by atoms with Crippen molar-refractivity contribution in [2.75, 3.05) is 23.9 Å². The van der Waals surface area contributed by atoms with Crippen molar-refractivity contribution >= 4 is 27.3 Å². The number of nitrogens with zero attached hydrogens (tertiary/aromatic N) is 2. The van der Waals surface area contributed by atoms with Crippen LogP contribution in [-0.4, -0.2) is 36.9 Å². The molecule has 0 saturated carbocycles. The average molecular weight is 264 g/mol. The minimum Gasteiger partial charge on any atom is -0.370 e. The molecule has 0 saturated heterocycles. The number of halogens is 1. The van der Waals surface area contributed by atoms with Crippen LogP contribution in [0.5, 0.6) is 0 Å². The van der Waals surface area contributed by atoms with E-state index in [2.05, 4.69) is 15.3 Å². The Labute approximate surface area is 100 Å². The predicted octanol–water partition coefficient (Wildman–Crippen LogP) is 1.29. The van der Waals surface area contributed by atoms with Crippen molar-refractivity contribution in [3.8, 4) is 0 Å². The summed E-state index contributed by atoms with van der Waals surface area (Å²) < 4.78 is 21.8. The summed E-state index contributed by atoms with van der Waals surface area (Å²) in [5.74, 6) is 0.811. The third kappa shape index (κ3) is 4.32. The van der Waals surface area contributed by atoms with E-state index in [1.807, 2.05) is 0 Å². The minimum atomic E-state index is -2.90. The molecule has 0 aliphatic rings. The predicted molar refractivity (Wildman–Crippen MR) is 64.6 cm³/mol. The first kappa shape index (κ1) is 13.2. The topological polar surface area (TPSA) is 72.0 Å². The lowest BCUT2D eigenvalue weighted by atomic mass is 10.3. The fourth-order valence-corrected chi connectivity index (χ4v) is 1.95. The second-order valence-corrected chi connectivity index (χ2v) is 6.17. The van der Waals surface area contributed by atoms with Crippen molar-refractivity contribution in [2.45, 2.75) is 13.3 Å². The Kier molecular flexibility index (Phi) is 4.49. The zero-order valence-electron chi connectivity index (χ0n) is 9.20. The maximum absolute atomic E-state index is 10.9. The van der Waals surface area contributed by atoms with Gasteiger partial charge in [-0.2, -0.15) is 0 Å². The van der Waals surface area contributed by atoms with Gasteiger partial charge < -0.3 is 5.32 Å². The van der Waals surface area contributed by atoms with Crippen LogP contribution in [0.25, 0.3) is 0 Å². The standard InChI is InChI=1S/C9H14ClN3O2S/c1-7-8(10)12-6-13-9(7)11-4-3-5-16(2,14)15/h6H,3-5H2,1-2H3,(H,11,12,13). The van der Waals surface area contributed by atoms with Crippen molar-refractivity contribution in [1.29, 1.82) is 0 Å². The molecule has 0 atom stereocenters. The van der Waals surface area contributed by atoms with E-state index < -0.39 is 9.84 Å². The molecule has 0 aromatic carbocycles. The Morgan fingerprint density at radius 3 is 2.75 bits per heavy atom. The van der Waals surface area contributed by atoms with Gasteiger partial charge in [0, 0.05) is 18.4 Å². The van der Waals surface area contributed by atoms with E-state index in [4.69, 9.17) is 11.6 Å². The van der Waals surface area contributed by atoms with E-state index in [0.717, 1.165) is 5.56 Å². The number of rotatable bonds is 5. The van der Waals surface area contributed by atoms with E-state index in [0.29, 0.717) is 23.9 Å². The zero-order chi connectivity index (χ0) is 12.2. The molecular formula is C9H14ClN3O2S. The molecule has 5 nitrogen and oxygen atoms in total. The average Bonchev–Trinajstić information content (AvgIpc) is 2.17. The van der Waals surface area contributed by atoms with Crippen molar-refractivity contribution in [3.63, 3.8) is 0 Å². The Balaban J connectivity index is 2.47. The highest BCUT2D eigenvalue weighted by Crippen LogP contribution is 2.17. The molecule has 1 aromatic rings. The smallest absolute Gasteiger partial charge is 0.147 e. The number of hydrogen-bond donors (Lipinski definition) is 1. The van der Waals surface area contributed by atoms with Gasteiger partial charge in [-0.1, -0.05) is 11.6 Å². The van der Waals surface area contributed by atoms with E-state index in [9.17, 15) is 8.42 Å². The van der Waals surface area contributed by atoms with Gasteiger partial charge in [-0.15, -0.1) is 0 Å². The van der Waals surface area contributed by atoms with Gasteiger partial charge in [0.1, 0.15) is 27.1 Å². The number of nitrogens with one attached hydrogen (secondary N) is 1. The van der Waals surface area contributed by atoms with Gasteiger partial charge in [-0.3, -0.25) is 0 Å². The number of anilines is 1. The summed E-state index contributed by atoms with van der Waals surface area (Å²) in [6.45, 7) is 2.35. The van der Waals surface area contributed by atoms with Crippen molar-refractivity contribution in [2.24, 2.45) is 0 Å². The summed E-state index contributed by atoms with van der Waals surface area (Å²) in [7, 11) is -2.90. The summed E-state index contributed by atoms with van der Waals surface area (Å²) in [4.78, 5) is 7.84. The first-order chi connectivity index (χ1) is 7.40. The molecular weight excluding hydrogens is 250 g/mol. The Hall–Kier alpha value is -0.880. The molecule has 16 heavy (non-hydrogen) atoms. The number of aromatic nitrogens is 2. The van der Waals surface area contributed by atoms with E-state index in [1.54, 1.807) is 6.92 Å². The molecule has 0 bridgehead atoms. The number of sulfone groups is 1. The molecule has 0 amide bonds. The Bertz CT molecular complexity index is 462. The monoisotopic (exact) mass is 263 g/mol. The molecule has 1 N–H and O–H groups in total. The lowest BCUT2D eigenvalue weighted by Gasteiger charge is -2.07. The van der Waals surface area contributed by atoms with Gasteiger partial charge in [0.2, 0.25) is 0 Å². The fourth-order valence-electron chi connectivity index (χ4n) is 1.15. The van der Waals surface area contributed by atoms with Crippen molar-refractivity contribution < 1.29 is 8.42 Å². The highest BCUT2D eigenvalue weighted by Gasteiger charge is 2.05. The molecule has 1 aromatic heterocycles. The second kappa shape index (κ2) is 5.45. The fraction of sp³-hybridized carbons (Fsp3) is 0.556. The van der Waals surface area contributed by atoms with Crippen LogP contribution < -0.4 is 5.32 Å². The minimum absolute atomic E-state index is 0.165. The van der Waals surface area contributed by atoms with Crippen LogP contribution in [0, 0.1) is 6.92 Å². The third-order valence-electron chi connectivity index (χ3n) is 2.01. The Morgan fingerprint density at radius 2 is 2.12 bits per heavy atom. The van der Waals surface area contributed by atoms with Crippen LogP contribution in [0.4, 0.5) is 5.82 Å². The molecule has 0 aliphatic heterocycles. The molecule has 0 spiro atoms. The van der Waals surface area contributed by atoms with Crippen LogP contribution in [0.2, 0.25) is 5.15 Å². The third-order valence-corrected chi connectivity index (χ3v) is 3.42. The molecule has 7 heteroatoms. The van der Waals surface area contributed by atoms with Crippen molar-refractivity contribution in [1.82, 2.24) is 9.97 Å². The Morgan fingerprint density at radius 1 is 1.44 bits per heavy atom. The summed E-state index contributed by atoms with van der Waals surface area (Å²) in [5.41, 5.74) is 0.767. The SMILES string of the molecule is Cc1c(Cl)ncnc1NCCCS(C)(=O)=O. The van der Waals surface area contributed by atoms with Gasteiger partial charge in [0.05, 0.1) is 5.75 Å². The van der Waals surface area contributed by atoms with Gasteiger partial charge >= 0.3 is 0 Å². The molecule has 1 rings (SSSR count). The lowest BCUT2D eigenvalue weighted by Crippen LogP contribution is -2.11. The van der Waals surface area contributed by atoms with Gasteiger partial charge in [0.25, 0.3) is 0 Å². The van der Waals surface area contributed by atoms with E-state index in [1.165, 1.54) is 12.6 Å². The highest BCUT2D eigenvalue weighted by molar-refractivity contribution is 7.90. The lowest BCUT2D eigenvalue weighted by molar-refractivity contribution is 0.600. The molecule has 1 heterocycles. The first-order valence-corrected chi connectivity index (χ1v) is 7.22. The molecule has 0 aliphatic carbocycles. The zero-order valence-corrected chi connectivity index (χ0v) is 10.8.